The van der Waals surface area contributed by atoms with Crippen LogP contribution in [0.1, 0.15) is 33.0 Å². The number of benzene rings is 1. The van der Waals surface area contributed by atoms with Crippen LogP contribution in [0.2, 0.25) is 5.02 Å². The van der Waals surface area contributed by atoms with Crippen LogP contribution in [0.25, 0.3) is 0 Å². The molecule has 5 nitrogen and oxygen atoms in total. The second-order valence-electron chi connectivity index (χ2n) is 5.51. The smallest absolute Gasteiger partial charge is 0.306 e. The standard InChI is InChI=1S/C18H18ClNO4S/c1-11-3-5-13(9-14(11)19)20-17(22)10-24-18(23)8-6-15(21)16-7-4-12(2)25-16/h3-5,7,9H,6,8,10H2,1-2H3,(H,20,22). The summed E-state index contributed by atoms with van der Waals surface area (Å²) in [6, 6.07) is 8.72. The summed E-state index contributed by atoms with van der Waals surface area (Å²) < 4.78 is 4.89. The van der Waals surface area contributed by atoms with Crippen LogP contribution in [0, 0.1) is 13.8 Å². The fourth-order valence-electron chi connectivity index (χ4n) is 2.01. The number of rotatable bonds is 7. The van der Waals surface area contributed by atoms with E-state index in [0.717, 1.165) is 10.4 Å². The Kier molecular flexibility index (Phi) is 6.73. The predicted octanol–water partition coefficient (Wildman–Crippen LogP) is 4.16. The second-order valence-corrected chi connectivity index (χ2v) is 7.20. The summed E-state index contributed by atoms with van der Waals surface area (Å²) in [4.78, 5) is 37.0. The number of hydrogen-bond acceptors (Lipinski definition) is 5. The average Bonchev–Trinajstić information content (AvgIpc) is 3.00. The molecule has 0 fully saturated rings. The number of Topliss-reactive ketones (excluding diaryl/α,β-unsaturated/α-hetero) is 1. The Bertz CT molecular complexity index is 800. The minimum atomic E-state index is -0.585. The van der Waals surface area contributed by atoms with Gasteiger partial charge in [0.25, 0.3) is 5.91 Å². The minimum absolute atomic E-state index is 0.0561. The SMILES string of the molecule is Cc1ccc(C(=O)CCC(=O)OCC(=O)Nc2ccc(C)c(Cl)c2)s1. The third kappa shape index (κ3) is 5.99. The summed E-state index contributed by atoms with van der Waals surface area (Å²) >= 11 is 7.37. The molecule has 25 heavy (non-hydrogen) atoms. The van der Waals surface area contributed by atoms with Gasteiger partial charge in [0.05, 0.1) is 11.3 Å². The van der Waals surface area contributed by atoms with Gasteiger partial charge < -0.3 is 10.1 Å². The van der Waals surface area contributed by atoms with E-state index in [1.165, 1.54) is 11.3 Å². The summed E-state index contributed by atoms with van der Waals surface area (Å²) in [5, 5.41) is 3.13. The first-order valence-electron chi connectivity index (χ1n) is 7.66. The van der Waals surface area contributed by atoms with Crippen LogP contribution in [0.5, 0.6) is 0 Å². The molecule has 0 aliphatic heterocycles. The molecule has 0 saturated carbocycles. The summed E-state index contributed by atoms with van der Waals surface area (Å²) in [6.45, 7) is 3.36. The van der Waals surface area contributed by atoms with E-state index in [-0.39, 0.29) is 18.6 Å². The largest absolute Gasteiger partial charge is 0.456 e. The molecule has 2 rings (SSSR count). The lowest BCUT2D eigenvalue weighted by atomic mass is 10.2. The molecule has 1 aromatic heterocycles. The van der Waals surface area contributed by atoms with E-state index >= 15 is 0 Å². The Balaban J connectivity index is 1.72. The van der Waals surface area contributed by atoms with E-state index in [1.807, 2.05) is 19.9 Å². The van der Waals surface area contributed by atoms with Crippen molar-refractivity contribution in [2.75, 3.05) is 11.9 Å². The van der Waals surface area contributed by atoms with Gasteiger partial charge in [-0.1, -0.05) is 17.7 Å². The average molecular weight is 380 g/mol. The summed E-state index contributed by atoms with van der Waals surface area (Å²) in [5.74, 6) is -1.15. The fraction of sp³-hybridized carbons (Fsp3) is 0.278. The first-order valence-corrected chi connectivity index (χ1v) is 8.86. The zero-order valence-corrected chi connectivity index (χ0v) is 15.5. The van der Waals surface area contributed by atoms with Crippen molar-refractivity contribution in [1.29, 1.82) is 0 Å². The number of thiophene rings is 1. The number of ether oxygens (including phenoxy) is 1. The normalized spacial score (nSPS) is 10.4. The van der Waals surface area contributed by atoms with Crippen molar-refractivity contribution < 1.29 is 19.1 Å². The van der Waals surface area contributed by atoms with E-state index in [1.54, 1.807) is 24.3 Å². The number of carbonyl (C=O) groups is 3. The van der Waals surface area contributed by atoms with Gasteiger partial charge in [0.2, 0.25) is 0 Å². The van der Waals surface area contributed by atoms with Crippen LogP contribution in [0.15, 0.2) is 30.3 Å². The highest BCUT2D eigenvalue weighted by atomic mass is 35.5. The Hall–Kier alpha value is -2.18. The quantitative estimate of drug-likeness (QED) is 0.579. The molecule has 1 aromatic carbocycles. The van der Waals surface area contributed by atoms with Crippen molar-refractivity contribution in [3.8, 4) is 0 Å². The molecular weight excluding hydrogens is 362 g/mol. The zero-order valence-electron chi connectivity index (χ0n) is 13.9. The fourth-order valence-corrected chi connectivity index (χ4v) is 3.02. The number of ketones is 1. The molecule has 1 amide bonds. The Labute approximate surface area is 154 Å². The highest BCUT2D eigenvalue weighted by molar-refractivity contribution is 7.14. The van der Waals surface area contributed by atoms with Gasteiger partial charge in [-0.05, 0) is 43.7 Å². The van der Waals surface area contributed by atoms with Crippen molar-refractivity contribution in [2.24, 2.45) is 0 Å². The molecule has 0 bridgehead atoms. The number of esters is 1. The van der Waals surface area contributed by atoms with E-state index in [9.17, 15) is 14.4 Å². The van der Waals surface area contributed by atoms with Crippen molar-refractivity contribution in [2.45, 2.75) is 26.7 Å². The lowest BCUT2D eigenvalue weighted by molar-refractivity contribution is -0.147. The van der Waals surface area contributed by atoms with Gasteiger partial charge in [-0.15, -0.1) is 11.3 Å². The number of nitrogens with one attached hydrogen (secondary N) is 1. The van der Waals surface area contributed by atoms with E-state index in [2.05, 4.69) is 5.32 Å². The lowest BCUT2D eigenvalue weighted by Crippen LogP contribution is -2.21. The number of aryl methyl sites for hydroxylation is 2. The van der Waals surface area contributed by atoms with E-state index in [4.69, 9.17) is 16.3 Å². The van der Waals surface area contributed by atoms with Crippen LogP contribution in [0.4, 0.5) is 5.69 Å². The van der Waals surface area contributed by atoms with Crippen molar-refractivity contribution in [3.05, 3.63) is 50.7 Å². The van der Waals surface area contributed by atoms with Crippen molar-refractivity contribution in [1.82, 2.24) is 0 Å². The maximum Gasteiger partial charge on any atom is 0.306 e. The molecule has 0 atom stereocenters. The third-order valence-corrected chi connectivity index (χ3v) is 4.84. The van der Waals surface area contributed by atoms with Gasteiger partial charge in [-0.2, -0.15) is 0 Å². The summed E-state index contributed by atoms with van der Waals surface area (Å²) in [5.41, 5.74) is 1.43. The van der Waals surface area contributed by atoms with Gasteiger partial charge in [0.1, 0.15) is 0 Å². The maximum absolute atomic E-state index is 11.9. The Morgan fingerprint density at radius 1 is 1.12 bits per heavy atom. The predicted molar refractivity (Wildman–Crippen MR) is 98.4 cm³/mol. The molecule has 1 heterocycles. The van der Waals surface area contributed by atoms with Crippen LogP contribution in [-0.4, -0.2) is 24.3 Å². The summed E-state index contributed by atoms with van der Waals surface area (Å²) in [7, 11) is 0. The monoisotopic (exact) mass is 379 g/mol. The van der Waals surface area contributed by atoms with E-state index < -0.39 is 18.5 Å². The van der Waals surface area contributed by atoms with Gasteiger partial charge in [0, 0.05) is 22.0 Å². The van der Waals surface area contributed by atoms with Crippen LogP contribution in [0.3, 0.4) is 0 Å². The molecule has 0 aliphatic carbocycles. The van der Waals surface area contributed by atoms with Gasteiger partial charge in [0.15, 0.2) is 12.4 Å². The van der Waals surface area contributed by atoms with Crippen molar-refractivity contribution >= 4 is 46.3 Å². The number of hydrogen-bond donors (Lipinski definition) is 1. The van der Waals surface area contributed by atoms with Crippen molar-refractivity contribution in [3.63, 3.8) is 0 Å². The van der Waals surface area contributed by atoms with Gasteiger partial charge in [-0.3, -0.25) is 14.4 Å². The third-order valence-electron chi connectivity index (χ3n) is 3.39. The number of carbonyl (C=O) groups excluding carboxylic acids is 3. The lowest BCUT2D eigenvalue weighted by Gasteiger charge is -2.07. The second kappa shape index (κ2) is 8.78. The van der Waals surface area contributed by atoms with Gasteiger partial charge >= 0.3 is 5.97 Å². The molecule has 0 saturated heterocycles. The van der Waals surface area contributed by atoms with Crippen LogP contribution < -0.4 is 5.32 Å². The number of amides is 1. The molecule has 0 radical (unpaired) electrons. The molecule has 132 valence electrons. The molecular formula is C18H18ClNO4S. The molecule has 2 aromatic rings. The first-order chi connectivity index (χ1) is 11.8. The minimum Gasteiger partial charge on any atom is -0.456 e. The van der Waals surface area contributed by atoms with E-state index in [0.29, 0.717) is 15.6 Å². The maximum atomic E-state index is 11.9. The number of halogens is 1. The first kappa shape index (κ1) is 19.1. The highest BCUT2D eigenvalue weighted by Crippen LogP contribution is 2.20. The molecule has 0 spiro atoms. The molecule has 0 unspecified atom stereocenters. The Morgan fingerprint density at radius 2 is 1.88 bits per heavy atom. The van der Waals surface area contributed by atoms with Crippen LogP contribution >= 0.6 is 22.9 Å². The molecule has 1 N–H and O–H groups in total. The topological polar surface area (TPSA) is 72.5 Å². The number of anilines is 1. The Morgan fingerprint density at radius 3 is 2.52 bits per heavy atom. The summed E-state index contributed by atoms with van der Waals surface area (Å²) in [6.07, 6.45) is 0.00734. The molecule has 0 aliphatic rings. The van der Waals surface area contributed by atoms with Gasteiger partial charge in [-0.25, -0.2) is 0 Å². The van der Waals surface area contributed by atoms with Crippen LogP contribution in [-0.2, 0) is 14.3 Å². The highest BCUT2D eigenvalue weighted by Gasteiger charge is 2.13. The molecule has 7 heteroatoms. The zero-order chi connectivity index (χ0) is 18.4.